The summed E-state index contributed by atoms with van der Waals surface area (Å²) in [7, 11) is 4.22. The molecular formula is C37H54F3N5O10+2. The van der Waals surface area contributed by atoms with Crippen molar-refractivity contribution in [2.24, 2.45) is 5.92 Å². The van der Waals surface area contributed by atoms with Crippen molar-refractivity contribution < 1.29 is 71.0 Å². The lowest BCUT2D eigenvalue weighted by atomic mass is 9.83. The molecule has 1 aromatic carbocycles. The van der Waals surface area contributed by atoms with Crippen LogP contribution in [0.4, 0.5) is 22.8 Å². The Morgan fingerprint density at radius 3 is 2.00 bits per heavy atom. The van der Waals surface area contributed by atoms with Gasteiger partial charge in [0, 0.05) is 25.8 Å². The Bertz CT molecular complexity index is 1660. The number of carboxylic acid groups (broad SMARTS) is 2. The summed E-state index contributed by atoms with van der Waals surface area (Å²) in [4.78, 5) is 63.7. The number of carboxylic acids is 1. The third-order valence-corrected chi connectivity index (χ3v) is 10.2. The molecule has 3 aliphatic heterocycles. The summed E-state index contributed by atoms with van der Waals surface area (Å²) in [5.74, 6) is -3.87. The molecule has 3 aliphatic rings. The number of halogens is 3. The van der Waals surface area contributed by atoms with E-state index in [0.717, 1.165) is 16.6 Å². The van der Waals surface area contributed by atoms with Crippen molar-refractivity contribution in [3.05, 3.63) is 53.8 Å². The number of alkyl halides is 3. The molecule has 3 heterocycles. The molecule has 1 aromatic rings. The van der Waals surface area contributed by atoms with Crippen LogP contribution in [0.15, 0.2) is 48.2 Å². The standard InChI is InChI=1S/C35H51N5O8.C2HF3O2/c1-33(2,3)40(32(44)45)21-15-25(16-22-40)28(29(41)37-46)38-18-17-35(30(38)42,36-31(43)48-34(4,5)6)26-9-11-27(12-10-26)47-23-24-13-19-39(7,8)20-14-24;3-2(4,5)1(6)7/h9-14,19,25,28H,15-18,20-23H2,1-8H3,(H2-2,36,37,41,43,44,45,46);(H,6,7)/p+2. The number of alkyl carbamates (subject to hydrolysis) is 1. The molecule has 2 atom stereocenters. The molecule has 15 nitrogen and oxygen atoms in total. The van der Waals surface area contributed by atoms with Gasteiger partial charge in [0.1, 0.15) is 41.6 Å². The second-order valence-corrected chi connectivity index (χ2v) is 16.6. The zero-order valence-electron chi connectivity index (χ0n) is 32.5. The predicted molar refractivity (Wildman–Crippen MR) is 191 cm³/mol. The Morgan fingerprint density at radius 2 is 1.56 bits per heavy atom. The van der Waals surface area contributed by atoms with Gasteiger partial charge in [0.15, 0.2) is 0 Å². The Kier molecular flexibility index (Phi) is 13.5. The zero-order valence-corrected chi connectivity index (χ0v) is 32.5. The first-order valence-corrected chi connectivity index (χ1v) is 17.8. The number of piperidine rings is 1. The fraction of sp³-hybridized carbons (Fsp3) is 0.595. The first-order valence-electron chi connectivity index (χ1n) is 17.8. The third-order valence-electron chi connectivity index (χ3n) is 10.2. The number of ether oxygens (including phenoxy) is 2. The highest BCUT2D eigenvalue weighted by molar-refractivity contribution is 5.96. The van der Waals surface area contributed by atoms with E-state index in [-0.39, 0.29) is 30.5 Å². The third kappa shape index (κ3) is 10.8. The summed E-state index contributed by atoms with van der Waals surface area (Å²) in [6.07, 6.45) is 0.283. The van der Waals surface area contributed by atoms with Gasteiger partial charge in [-0.05, 0) is 82.9 Å². The smallest absolute Gasteiger partial charge is 0.489 e. The summed E-state index contributed by atoms with van der Waals surface area (Å²) < 4.78 is 43.9. The minimum Gasteiger partial charge on any atom is -0.489 e. The Hall–Kier alpha value is -4.68. The average molecular weight is 786 g/mol. The van der Waals surface area contributed by atoms with Crippen molar-refractivity contribution >= 4 is 30.0 Å². The first-order chi connectivity index (χ1) is 25.2. The molecule has 4 rings (SSSR count). The van der Waals surface area contributed by atoms with Crippen molar-refractivity contribution in [3.63, 3.8) is 0 Å². The first kappa shape index (κ1) is 44.7. The Labute approximate surface area is 318 Å². The number of likely N-dealkylation sites (tertiary alicyclic amines) is 2. The minimum absolute atomic E-state index is 0.106. The van der Waals surface area contributed by atoms with Crippen LogP contribution in [0.5, 0.6) is 5.75 Å². The molecule has 2 fully saturated rings. The van der Waals surface area contributed by atoms with Crippen molar-refractivity contribution in [1.29, 1.82) is 0 Å². The number of rotatable bonds is 8. The van der Waals surface area contributed by atoms with Crippen LogP contribution in [0.25, 0.3) is 0 Å². The normalized spacial score (nSPS) is 24.4. The number of likely N-dealkylation sites (N-methyl/N-ethyl adjacent to an activating group) is 1. The number of hydroxylamine groups is 1. The number of amides is 4. The van der Waals surface area contributed by atoms with Gasteiger partial charge in [-0.1, -0.05) is 12.1 Å². The molecule has 0 spiro atoms. The van der Waals surface area contributed by atoms with Crippen molar-refractivity contribution in [1.82, 2.24) is 15.7 Å². The van der Waals surface area contributed by atoms with E-state index >= 15 is 0 Å². The van der Waals surface area contributed by atoms with Crippen LogP contribution < -0.4 is 15.5 Å². The van der Waals surface area contributed by atoms with Crippen LogP contribution in [-0.2, 0) is 24.7 Å². The van der Waals surface area contributed by atoms with E-state index in [2.05, 4.69) is 31.7 Å². The summed E-state index contributed by atoms with van der Waals surface area (Å²) in [5.41, 5.74) is 0.301. The highest BCUT2D eigenvalue weighted by Gasteiger charge is 2.56. The monoisotopic (exact) mass is 785 g/mol. The van der Waals surface area contributed by atoms with Crippen LogP contribution in [0.2, 0.25) is 0 Å². The van der Waals surface area contributed by atoms with Crippen molar-refractivity contribution in [2.75, 3.05) is 46.9 Å². The number of carbonyl (C=O) groups excluding carboxylic acids is 3. The number of nitrogens with zero attached hydrogens (tertiary/aromatic N) is 3. The van der Waals surface area contributed by atoms with Crippen LogP contribution in [0.3, 0.4) is 0 Å². The van der Waals surface area contributed by atoms with Crippen molar-refractivity contribution in [3.8, 4) is 5.75 Å². The van der Waals surface area contributed by atoms with Gasteiger partial charge in [-0.3, -0.25) is 19.3 Å². The minimum atomic E-state index is -5.08. The highest BCUT2D eigenvalue weighted by atomic mass is 19.4. The van der Waals surface area contributed by atoms with Gasteiger partial charge in [-0.15, -0.1) is 0 Å². The maximum absolute atomic E-state index is 14.5. The van der Waals surface area contributed by atoms with E-state index < -0.39 is 64.8 Å². The molecule has 5 N–H and O–H groups in total. The van der Waals surface area contributed by atoms with Gasteiger partial charge in [0.2, 0.25) is 0 Å². The fourth-order valence-corrected chi connectivity index (χ4v) is 7.00. The topological polar surface area (TPSA) is 192 Å². The van der Waals surface area contributed by atoms with Crippen LogP contribution in [-0.4, -0.2) is 129 Å². The highest BCUT2D eigenvalue weighted by Crippen LogP contribution is 2.40. The Morgan fingerprint density at radius 1 is 1.00 bits per heavy atom. The molecule has 2 saturated heterocycles. The van der Waals surface area contributed by atoms with Gasteiger partial charge in [-0.25, -0.2) is 19.6 Å². The molecule has 0 radical (unpaired) electrons. The second kappa shape index (κ2) is 16.6. The van der Waals surface area contributed by atoms with E-state index in [1.807, 2.05) is 26.8 Å². The maximum Gasteiger partial charge on any atom is 0.513 e. The van der Waals surface area contributed by atoms with E-state index in [1.165, 1.54) is 4.90 Å². The molecule has 0 aromatic heterocycles. The van der Waals surface area contributed by atoms with Crippen LogP contribution >= 0.6 is 0 Å². The number of hydrogen-bond donors (Lipinski definition) is 5. The quantitative estimate of drug-likeness (QED) is 0.140. The lowest BCUT2D eigenvalue weighted by Gasteiger charge is -2.48. The lowest BCUT2D eigenvalue weighted by molar-refractivity contribution is -0.909. The van der Waals surface area contributed by atoms with Gasteiger partial charge in [0.25, 0.3) is 11.8 Å². The van der Waals surface area contributed by atoms with Gasteiger partial charge < -0.3 is 29.9 Å². The number of benzene rings is 1. The molecule has 18 heteroatoms. The molecule has 55 heavy (non-hydrogen) atoms. The molecule has 4 amide bonds. The van der Waals surface area contributed by atoms with Gasteiger partial charge >= 0.3 is 24.3 Å². The number of aliphatic carboxylic acids is 1. The second-order valence-electron chi connectivity index (χ2n) is 16.6. The summed E-state index contributed by atoms with van der Waals surface area (Å²) in [6.45, 7) is 12.7. The Balaban J connectivity index is 0.00000106. The largest absolute Gasteiger partial charge is 0.513 e. The maximum atomic E-state index is 14.5. The summed E-state index contributed by atoms with van der Waals surface area (Å²) in [6, 6.07) is 5.85. The van der Waals surface area contributed by atoms with E-state index in [0.29, 0.717) is 30.8 Å². The number of hydrogen-bond acceptors (Lipinski definition) is 8. The van der Waals surface area contributed by atoms with E-state index in [1.54, 1.807) is 50.5 Å². The average Bonchev–Trinajstić information content (AvgIpc) is 3.38. The molecule has 0 aliphatic carbocycles. The van der Waals surface area contributed by atoms with Gasteiger partial charge in [-0.2, -0.15) is 18.0 Å². The van der Waals surface area contributed by atoms with Crippen LogP contribution in [0, 0.1) is 5.92 Å². The summed E-state index contributed by atoms with van der Waals surface area (Å²) >= 11 is 0. The predicted octanol–water partition coefficient (Wildman–Crippen LogP) is 4.76. The van der Waals surface area contributed by atoms with Crippen LogP contribution in [0.1, 0.15) is 66.4 Å². The molecular weight excluding hydrogens is 731 g/mol. The van der Waals surface area contributed by atoms with E-state index in [4.69, 9.17) is 19.4 Å². The number of quaternary nitrogens is 2. The molecule has 0 saturated carbocycles. The van der Waals surface area contributed by atoms with Crippen molar-refractivity contribution in [2.45, 2.75) is 89.7 Å². The number of carbonyl (C=O) groups is 5. The molecule has 306 valence electrons. The fourth-order valence-electron chi connectivity index (χ4n) is 7.00. The number of nitrogens with one attached hydrogen (secondary N) is 2. The van der Waals surface area contributed by atoms with Gasteiger partial charge in [0.05, 0.1) is 33.4 Å². The molecule has 2 unspecified atom stereocenters. The van der Waals surface area contributed by atoms with E-state index in [9.17, 15) is 42.7 Å². The lowest BCUT2D eigenvalue weighted by Crippen LogP contribution is -2.67. The molecule has 0 bridgehead atoms. The zero-order chi connectivity index (χ0) is 41.8. The summed E-state index contributed by atoms with van der Waals surface area (Å²) in [5, 5.41) is 29.9. The SMILES string of the molecule is CC(C)(C)OC(=O)NC1(c2ccc(OCC3=CC[N+](C)(C)C=C3)cc2)CCN(C(C(=O)NO)C2CC[N+](C(=O)O)(C(C)(C)C)CC2)C1=O.O=C(O)C(F)(F)F.